The topological polar surface area (TPSA) is 43.4 Å². The van der Waals surface area contributed by atoms with Crippen LogP contribution in [0.25, 0.3) is 0 Å². The molecule has 78 valence electrons. The zero-order valence-corrected chi connectivity index (χ0v) is 9.73. The number of halogens is 2. The summed E-state index contributed by atoms with van der Waals surface area (Å²) in [4.78, 5) is -0.413. The molecule has 3 nitrogen and oxygen atoms in total. The molecule has 1 aromatic carbocycles. The van der Waals surface area contributed by atoms with Crippen LogP contribution in [0, 0.1) is 0 Å². The minimum atomic E-state index is -4.70. The molecule has 0 aliphatic heterocycles. The van der Waals surface area contributed by atoms with Crippen LogP contribution < -0.4 is 4.74 Å². The highest BCUT2D eigenvalue weighted by atomic mass is 79.9. The third kappa shape index (κ3) is 2.68. The summed E-state index contributed by atoms with van der Waals surface area (Å²) in [5.74, 6) is 0.326. The van der Waals surface area contributed by atoms with Crippen LogP contribution in [0.4, 0.5) is 3.89 Å². The molecule has 0 aromatic heterocycles. The third-order valence-corrected chi connectivity index (χ3v) is 3.29. The number of rotatable bonds is 3. The van der Waals surface area contributed by atoms with Crippen LogP contribution in [-0.4, -0.2) is 15.0 Å². The van der Waals surface area contributed by atoms with E-state index in [1.165, 1.54) is 6.07 Å². The van der Waals surface area contributed by atoms with E-state index in [9.17, 15) is 12.3 Å². The Hall–Kier alpha value is -0.620. The summed E-state index contributed by atoms with van der Waals surface area (Å²) in [7, 11) is -4.70. The van der Waals surface area contributed by atoms with Crippen molar-refractivity contribution in [2.45, 2.75) is 11.8 Å². The van der Waals surface area contributed by atoms with E-state index in [0.717, 1.165) is 6.07 Å². The molecule has 0 bridgehead atoms. The molecule has 0 amide bonds. The van der Waals surface area contributed by atoms with Crippen LogP contribution in [0.5, 0.6) is 5.75 Å². The molecule has 14 heavy (non-hydrogen) atoms. The molecule has 0 aliphatic rings. The van der Waals surface area contributed by atoms with Gasteiger partial charge in [-0.05, 0) is 35.0 Å². The van der Waals surface area contributed by atoms with E-state index in [0.29, 0.717) is 12.4 Å². The van der Waals surface area contributed by atoms with Gasteiger partial charge in [0.05, 0.1) is 6.61 Å². The average molecular weight is 283 g/mol. The lowest BCUT2D eigenvalue weighted by Gasteiger charge is -2.05. The van der Waals surface area contributed by atoms with E-state index in [-0.39, 0.29) is 4.47 Å². The molecular formula is C8H8BrFO3S. The highest BCUT2D eigenvalue weighted by Crippen LogP contribution is 2.27. The summed E-state index contributed by atoms with van der Waals surface area (Å²) in [6, 6.07) is 4.13. The fourth-order valence-corrected chi connectivity index (χ4v) is 2.31. The van der Waals surface area contributed by atoms with Gasteiger partial charge in [0.2, 0.25) is 0 Å². The van der Waals surface area contributed by atoms with Gasteiger partial charge in [-0.1, -0.05) is 0 Å². The Morgan fingerprint density at radius 3 is 2.64 bits per heavy atom. The summed E-state index contributed by atoms with van der Waals surface area (Å²) in [6.07, 6.45) is 0. The largest absolute Gasteiger partial charge is 0.494 e. The van der Waals surface area contributed by atoms with Crippen molar-refractivity contribution in [3.63, 3.8) is 0 Å². The van der Waals surface area contributed by atoms with Crippen molar-refractivity contribution < 1.29 is 17.0 Å². The van der Waals surface area contributed by atoms with E-state index in [4.69, 9.17) is 4.74 Å². The van der Waals surface area contributed by atoms with Crippen molar-refractivity contribution >= 4 is 26.2 Å². The maximum absolute atomic E-state index is 12.7. The zero-order chi connectivity index (χ0) is 10.8. The van der Waals surface area contributed by atoms with Crippen LogP contribution in [0.1, 0.15) is 6.92 Å². The smallest absolute Gasteiger partial charge is 0.333 e. The van der Waals surface area contributed by atoms with Gasteiger partial charge < -0.3 is 4.74 Å². The minimum Gasteiger partial charge on any atom is -0.494 e. The maximum atomic E-state index is 12.7. The van der Waals surface area contributed by atoms with E-state index < -0.39 is 15.1 Å². The first kappa shape index (κ1) is 11.5. The first-order valence-electron chi connectivity index (χ1n) is 3.82. The van der Waals surface area contributed by atoms with E-state index in [1.54, 1.807) is 13.0 Å². The Bertz CT molecular complexity index is 430. The van der Waals surface area contributed by atoms with Gasteiger partial charge in [-0.3, -0.25) is 0 Å². The second-order valence-corrected chi connectivity index (χ2v) is 4.63. The second-order valence-electron chi connectivity index (χ2n) is 2.46. The van der Waals surface area contributed by atoms with Gasteiger partial charge in [0.1, 0.15) is 10.6 Å². The zero-order valence-electron chi connectivity index (χ0n) is 7.33. The molecule has 1 rings (SSSR count). The van der Waals surface area contributed by atoms with Crippen molar-refractivity contribution in [1.29, 1.82) is 0 Å². The van der Waals surface area contributed by atoms with Crippen LogP contribution in [0.2, 0.25) is 0 Å². The summed E-state index contributed by atoms with van der Waals surface area (Å²) < 4.78 is 39.2. The molecule has 1 aromatic rings. The Balaban J connectivity index is 3.22. The van der Waals surface area contributed by atoms with Gasteiger partial charge in [-0.15, -0.1) is 3.89 Å². The second kappa shape index (κ2) is 4.27. The van der Waals surface area contributed by atoms with Gasteiger partial charge in [0.15, 0.2) is 0 Å². The highest BCUT2D eigenvalue weighted by molar-refractivity contribution is 9.10. The third-order valence-electron chi connectivity index (χ3n) is 1.48. The normalized spacial score (nSPS) is 11.4. The van der Waals surface area contributed by atoms with Gasteiger partial charge in [0, 0.05) is 10.5 Å². The summed E-state index contributed by atoms with van der Waals surface area (Å²) in [5, 5.41) is 0. The Kier molecular flexibility index (Phi) is 3.49. The molecule has 0 heterocycles. The van der Waals surface area contributed by atoms with Gasteiger partial charge in [-0.25, -0.2) is 0 Å². The van der Waals surface area contributed by atoms with Crippen molar-refractivity contribution in [3.8, 4) is 5.75 Å². The predicted molar refractivity (Wildman–Crippen MR) is 53.6 cm³/mol. The molecule has 0 radical (unpaired) electrons. The standard InChI is InChI=1S/C8H8BrFO3S/c1-2-13-6-3-4-7(9)8(5-6)14(10,11)12/h3-5H,2H2,1H3. The SMILES string of the molecule is CCOc1ccc(Br)c(S(=O)(=O)F)c1. The predicted octanol–water partition coefficient (Wildman–Crippen LogP) is 2.51. The summed E-state index contributed by atoms with van der Waals surface area (Å²) >= 11 is 2.94. The molecule has 0 atom stereocenters. The van der Waals surface area contributed by atoms with Crippen LogP contribution in [0.15, 0.2) is 27.6 Å². The molecule has 6 heteroatoms. The molecule has 0 saturated heterocycles. The first-order valence-corrected chi connectivity index (χ1v) is 6.00. The lowest BCUT2D eigenvalue weighted by Crippen LogP contribution is -1.96. The fraction of sp³-hybridized carbons (Fsp3) is 0.250. The number of benzene rings is 1. The van der Waals surface area contributed by atoms with E-state index >= 15 is 0 Å². The Labute approximate surface area is 90.2 Å². The quantitative estimate of drug-likeness (QED) is 0.800. The minimum absolute atomic E-state index is 0.184. The Morgan fingerprint density at radius 1 is 1.50 bits per heavy atom. The van der Waals surface area contributed by atoms with Gasteiger partial charge >= 0.3 is 10.2 Å². The van der Waals surface area contributed by atoms with Crippen molar-refractivity contribution in [2.75, 3.05) is 6.61 Å². The number of hydrogen-bond donors (Lipinski definition) is 0. The molecule has 0 N–H and O–H groups in total. The van der Waals surface area contributed by atoms with Crippen LogP contribution in [0.3, 0.4) is 0 Å². The van der Waals surface area contributed by atoms with Gasteiger partial charge in [0.25, 0.3) is 0 Å². The van der Waals surface area contributed by atoms with Crippen molar-refractivity contribution in [2.24, 2.45) is 0 Å². The van der Waals surface area contributed by atoms with Crippen molar-refractivity contribution in [1.82, 2.24) is 0 Å². The summed E-state index contributed by atoms with van der Waals surface area (Å²) in [6.45, 7) is 2.15. The lowest BCUT2D eigenvalue weighted by molar-refractivity contribution is 0.339. The van der Waals surface area contributed by atoms with Crippen LogP contribution >= 0.6 is 15.9 Å². The lowest BCUT2D eigenvalue weighted by atomic mass is 10.3. The fourth-order valence-electron chi connectivity index (χ4n) is 0.927. The molecule has 0 aliphatic carbocycles. The molecule has 0 saturated carbocycles. The molecular weight excluding hydrogens is 275 g/mol. The molecule has 0 fully saturated rings. The van der Waals surface area contributed by atoms with Gasteiger partial charge in [-0.2, -0.15) is 8.42 Å². The van der Waals surface area contributed by atoms with Crippen molar-refractivity contribution in [3.05, 3.63) is 22.7 Å². The number of hydrogen-bond acceptors (Lipinski definition) is 3. The molecule has 0 unspecified atom stereocenters. The first-order chi connectivity index (χ1) is 6.45. The van der Waals surface area contributed by atoms with Crippen LogP contribution in [-0.2, 0) is 10.2 Å². The average Bonchev–Trinajstić information content (AvgIpc) is 2.07. The number of ether oxygens (including phenoxy) is 1. The van der Waals surface area contributed by atoms with E-state index in [1.807, 2.05) is 0 Å². The molecule has 0 spiro atoms. The maximum Gasteiger partial charge on any atom is 0.333 e. The summed E-state index contributed by atoms with van der Waals surface area (Å²) in [5.41, 5.74) is 0. The highest BCUT2D eigenvalue weighted by Gasteiger charge is 2.16. The monoisotopic (exact) mass is 282 g/mol. The Morgan fingerprint density at radius 2 is 2.14 bits per heavy atom. The van der Waals surface area contributed by atoms with E-state index in [2.05, 4.69) is 15.9 Å².